The second kappa shape index (κ2) is 7.23. The van der Waals surface area contributed by atoms with E-state index < -0.39 is 5.97 Å². The maximum Gasteiger partial charge on any atom is 0.336 e. The Bertz CT molecular complexity index is 944. The topological polar surface area (TPSA) is 68.0 Å². The third kappa shape index (κ3) is 3.07. The number of aromatic nitrogens is 3. The second-order valence-corrected chi connectivity index (χ2v) is 6.31. The Hall–Kier alpha value is -2.76. The van der Waals surface area contributed by atoms with Gasteiger partial charge in [0.1, 0.15) is 5.82 Å². The van der Waals surface area contributed by atoms with Gasteiger partial charge in [0.05, 0.1) is 22.3 Å². The molecule has 3 aromatic rings. The smallest absolute Gasteiger partial charge is 0.336 e. The summed E-state index contributed by atoms with van der Waals surface area (Å²) in [4.78, 5) is 16.6. The highest BCUT2D eigenvalue weighted by atomic mass is 19.1. The first-order valence-electron chi connectivity index (χ1n) is 8.91. The summed E-state index contributed by atoms with van der Waals surface area (Å²) in [5, 5.41) is 15.1. The van der Waals surface area contributed by atoms with Crippen LogP contribution >= 0.6 is 0 Å². The highest BCUT2D eigenvalue weighted by Gasteiger charge is 2.25. The lowest BCUT2D eigenvalue weighted by Gasteiger charge is -2.10. The molecule has 2 heterocycles. The molecule has 0 fully saturated rings. The summed E-state index contributed by atoms with van der Waals surface area (Å²) in [6.07, 6.45) is 2.31. The van der Waals surface area contributed by atoms with Gasteiger partial charge in [0.15, 0.2) is 5.65 Å². The van der Waals surface area contributed by atoms with Crippen LogP contribution in [0.3, 0.4) is 0 Å². The predicted molar refractivity (Wildman–Crippen MR) is 98.5 cm³/mol. The number of carboxylic acids is 1. The quantitative estimate of drug-likeness (QED) is 0.694. The van der Waals surface area contributed by atoms with Crippen molar-refractivity contribution >= 4 is 17.0 Å². The van der Waals surface area contributed by atoms with Crippen LogP contribution in [-0.2, 0) is 6.42 Å². The fourth-order valence-corrected chi connectivity index (χ4v) is 3.27. The average Bonchev–Trinajstić information content (AvgIpc) is 3.02. The van der Waals surface area contributed by atoms with Crippen LogP contribution in [0.15, 0.2) is 30.3 Å². The standard InChI is InChI=1S/C20H22FN3O2/c1-4-12(5-2)18-17-16(20(25)26)11-14(6-3)22-19(17)24(23-18)15-9-7-13(21)8-10-15/h7-12H,4-6H2,1-3H3,(H,25,26). The first kappa shape index (κ1) is 18.0. The molecule has 0 amide bonds. The summed E-state index contributed by atoms with van der Waals surface area (Å²) in [5.74, 6) is -1.19. The van der Waals surface area contributed by atoms with Gasteiger partial charge in [-0.3, -0.25) is 0 Å². The summed E-state index contributed by atoms with van der Waals surface area (Å²) in [6, 6.07) is 7.61. The molecule has 0 saturated heterocycles. The molecule has 5 nitrogen and oxygen atoms in total. The van der Waals surface area contributed by atoms with Gasteiger partial charge in [0.2, 0.25) is 0 Å². The maximum atomic E-state index is 13.3. The molecular weight excluding hydrogens is 333 g/mol. The van der Waals surface area contributed by atoms with E-state index in [1.165, 1.54) is 12.1 Å². The number of fused-ring (bicyclic) bond motifs is 1. The van der Waals surface area contributed by atoms with E-state index in [-0.39, 0.29) is 17.3 Å². The zero-order chi connectivity index (χ0) is 18.8. The van der Waals surface area contributed by atoms with Crippen molar-refractivity contribution in [1.82, 2.24) is 14.8 Å². The maximum absolute atomic E-state index is 13.3. The highest BCUT2D eigenvalue weighted by Crippen LogP contribution is 2.33. The number of benzene rings is 1. The highest BCUT2D eigenvalue weighted by molar-refractivity contribution is 6.03. The molecule has 0 aliphatic heterocycles. The fourth-order valence-electron chi connectivity index (χ4n) is 3.27. The van der Waals surface area contributed by atoms with E-state index in [1.54, 1.807) is 22.9 Å². The largest absolute Gasteiger partial charge is 0.478 e. The molecule has 136 valence electrons. The molecule has 0 unspecified atom stereocenters. The van der Waals surface area contributed by atoms with Crippen LogP contribution in [0.2, 0.25) is 0 Å². The van der Waals surface area contributed by atoms with E-state index in [0.29, 0.717) is 28.8 Å². The number of rotatable bonds is 6. The summed E-state index contributed by atoms with van der Waals surface area (Å²) in [6.45, 7) is 6.05. The Balaban J connectivity index is 2.39. The molecule has 0 aliphatic rings. The van der Waals surface area contributed by atoms with Gasteiger partial charge >= 0.3 is 5.97 Å². The number of nitrogens with zero attached hydrogens (tertiary/aromatic N) is 3. The number of carboxylic acid groups (broad SMARTS) is 1. The minimum absolute atomic E-state index is 0.131. The molecule has 0 aliphatic carbocycles. The van der Waals surface area contributed by atoms with Crippen LogP contribution in [-0.4, -0.2) is 25.8 Å². The monoisotopic (exact) mass is 355 g/mol. The molecule has 0 spiro atoms. The first-order chi connectivity index (χ1) is 12.5. The number of halogens is 1. The Kier molecular flexibility index (Phi) is 5.02. The number of carbonyl (C=O) groups is 1. The minimum Gasteiger partial charge on any atom is -0.478 e. The summed E-state index contributed by atoms with van der Waals surface area (Å²) >= 11 is 0. The van der Waals surface area contributed by atoms with Gasteiger partial charge in [-0.2, -0.15) is 5.10 Å². The lowest BCUT2D eigenvalue weighted by molar-refractivity contribution is 0.0698. The van der Waals surface area contributed by atoms with Crippen molar-refractivity contribution in [2.24, 2.45) is 0 Å². The zero-order valence-electron chi connectivity index (χ0n) is 15.2. The van der Waals surface area contributed by atoms with Gasteiger partial charge in [-0.1, -0.05) is 20.8 Å². The van der Waals surface area contributed by atoms with Crippen molar-refractivity contribution in [3.05, 3.63) is 53.1 Å². The molecule has 0 radical (unpaired) electrons. The van der Waals surface area contributed by atoms with Crippen molar-refractivity contribution in [3.8, 4) is 5.69 Å². The lowest BCUT2D eigenvalue weighted by atomic mass is 9.95. The lowest BCUT2D eigenvalue weighted by Crippen LogP contribution is -2.04. The normalized spacial score (nSPS) is 11.4. The van der Waals surface area contributed by atoms with Crippen molar-refractivity contribution in [1.29, 1.82) is 0 Å². The number of aromatic carboxylic acids is 1. The SMILES string of the molecule is CCc1cc(C(=O)O)c2c(C(CC)CC)nn(-c3ccc(F)cc3)c2n1. The van der Waals surface area contributed by atoms with Crippen molar-refractivity contribution in [3.63, 3.8) is 0 Å². The molecule has 0 bridgehead atoms. The Morgan fingerprint density at radius 2 is 1.85 bits per heavy atom. The van der Waals surface area contributed by atoms with Gasteiger partial charge in [-0.15, -0.1) is 0 Å². The Morgan fingerprint density at radius 3 is 2.38 bits per heavy atom. The van der Waals surface area contributed by atoms with Gasteiger partial charge in [-0.25, -0.2) is 18.9 Å². The molecule has 2 aromatic heterocycles. The van der Waals surface area contributed by atoms with Crippen LogP contribution in [0.5, 0.6) is 0 Å². The van der Waals surface area contributed by atoms with E-state index in [1.807, 2.05) is 6.92 Å². The Labute approximate surface area is 151 Å². The molecule has 1 N–H and O–H groups in total. The van der Waals surface area contributed by atoms with Crippen LogP contribution < -0.4 is 0 Å². The number of hydrogen-bond acceptors (Lipinski definition) is 3. The molecule has 0 atom stereocenters. The molecule has 3 rings (SSSR count). The number of pyridine rings is 1. The molecule has 0 saturated carbocycles. The van der Waals surface area contributed by atoms with Crippen molar-refractivity contribution in [2.45, 2.75) is 46.0 Å². The Morgan fingerprint density at radius 1 is 1.19 bits per heavy atom. The molecule has 26 heavy (non-hydrogen) atoms. The predicted octanol–water partition coefficient (Wildman–Crippen LogP) is 4.72. The van der Waals surface area contributed by atoms with E-state index in [9.17, 15) is 14.3 Å². The van der Waals surface area contributed by atoms with Gasteiger partial charge < -0.3 is 5.11 Å². The number of hydrogen-bond donors (Lipinski definition) is 1. The summed E-state index contributed by atoms with van der Waals surface area (Å²) in [7, 11) is 0. The molecule has 6 heteroatoms. The van der Waals surface area contributed by atoms with Gasteiger partial charge in [-0.05, 0) is 49.6 Å². The van der Waals surface area contributed by atoms with E-state index in [0.717, 1.165) is 18.5 Å². The van der Waals surface area contributed by atoms with Gasteiger partial charge in [0.25, 0.3) is 0 Å². The van der Waals surface area contributed by atoms with Crippen molar-refractivity contribution in [2.75, 3.05) is 0 Å². The average molecular weight is 355 g/mol. The second-order valence-electron chi connectivity index (χ2n) is 6.31. The van der Waals surface area contributed by atoms with Crippen LogP contribution in [0.4, 0.5) is 4.39 Å². The van der Waals surface area contributed by atoms with E-state index >= 15 is 0 Å². The van der Waals surface area contributed by atoms with Crippen LogP contribution in [0, 0.1) is 5.82 Å². The molecular formula is C20H22FN3O2. The van der Waals surface area contributed by atoms with E-state index in [2.05, 4.69) is 18.8 Å². The number of aryl methyl sites for hydroxylation is 1. The summed E-state index contributed by atoms with van der Waals surface area (Å²) in [5.41, 5.74) is 2.82. The van der Waals surface area contributed by atoms with Crippen molar-refractivity contribution < 1.29 is 14.3 Å². The fraction of sp³-hybridized carbons (Fsp3) is 0.350. The zero-order valence-corrected chi connectivity index (χ0v) is 15.2. The minimum atomic E-state index is -0.988. The van der Waals surface area contributed by atoms with E-state index in [4.69, 9.17) is 5.10 Å². The van der Waals surface area contributed by atoms with Gasteiger partial charge in [0, 0.05) is 11.6 Å². The van der Waals surface area contributed by atoms with Crippen LogP contribution in [0.25, 0.3) is 16.7 Å². The molecule has 1 aromatic carbocycles. The third-order valence-corrected chi connectivity index (χ3v) is 4.75. The third-order valence-electron chi connectivity index (χ3n) is 4.75. The first-order valence-corrected chi connectivity index (χ1v) is 8.91. The van der Waals surface area contributed by atoms with Crippen LogP contribution in [0.1, 0.15) is 61.3 Å². The summed E-state index contributed by atoms with van der Waals surface area (Å²) < 4.78 is 15.0.